The van der Waals surface area contributed by atoms with E-state index >= 15 is 0 Å². The van der Waals surface area contributed by atoms with Crippen LogP contribution in [0.1, 0.15) is 24.5 Å². The van der Waals surface area contributed by atoms with Crippen molar-refractivity contribution in [2.75, 3.05) is 0 Å². The third kappa shape index (κ3) is 2.33. The molecule has 2 N–H and O–H groups in total. The maximum Gasteiger partial charge on any atom is 0.146 e. The Morgan fingerprint density at radius 3 is 2.69 bits per heavy atom. The largest absolute Gasteiger partial charge is 0.324 e. The van der Waals surface area contributed by atoms with Gasteiger partial charge in [0, 0.05) is 13.0 Å². The van der Waals surface area contributed by atoms with Crippen LogP contribution in [0, 0.1) is 0 Å². The Bertz CT molecular complexity index is 247. The molecule has 1 aliphatic heterocycles. The topological polar surface area (TPSA) is 56.7 Å². The minimum absolute atomic E-state index is 0. The van der Waals surface area contributed by atoms with E-state index in [0.29, 0.717) is 6.54 Å². The Labute approximate surface area is 89.7 Å². The first-order chi connectivity index (χ1) is 5.42. The highest BCUT2D eigenvalue weighted by atomic mass is 35.5. The van der Waals surface area contributed by atoms with Gasteiger partial charge in [-0.25, -0.2) is 0 Å². The Hall–Kier alpha value is -0.320. The van der Waals surface area contributed by atoms with Crippen LogP contribution in [0.5, 0.6) is 0 Å². The molecule has 0 radical (unpaired) electrons. The van der Waals surface area contributed by atoms with E-state index in [2.05, 4.69) is 14.8 Å². The molecule has 0 saturated heterocycles. The van der Waals surface area contributed by atoms with Crippen molar-refractivity contribution in [2.45, 2.75) is 32.4 Å². The SMILES string of the molecule is Cl.Cl.NCc1nnc2n1CCCC2. The zero-order valence-electron chi connectivity index (χ0n) is 7.27. The molecule has 0 amide bonds. The Morgan fingerprint density at radius 1 is 1.23 bits per heavy atom. The van der Waals surface area contributed by atoms with Crippen molar-refractivity contribution in [3.63, 3.8) is 0 Å². The van der Waals surface area contributed by atoms with Crippen LogP contribution in [0.4, 0.5) is 0 Å². The van der Waals surface area contributed by atoms with Gasteiger partial charge >= 0.3 is 0 Å². The minimum Gasteiger partial charge on any atom is -0.324 e. The lowest BCUT2D eigenvalue weighted by molar-refractivity contribution is 0.508. The van der Waals surface area contributed by atoms with E-state index in [1.165, 1.54) is 12.8 Å². The Morgan fingerprint density at radius 2 is 2.00 bits per heavy atom. The van der Waals surface area contributed by atoms with Crippen LogP contribution in [-0.4, -0.2) is 14.8 Å². The molecule has 0 saturated carbocycles. The standard InChI is InChI=1S/C7H12N4.2ClH/c8-5-7-10-9-6-3-1-2-4-11(6)7;;/h1-5,8H2;2*1H. The zero-order chi connectivity index (χ0) is 7.68. The number of halogens is 2. The van der Waals surface area contributed by atoms with E-state index in [-0.39, 0.29) is 24.8 Å². The number of rotatable bonds is 1. The first kappa shape index (κ1) is 12.7. The summed E-state index contributed by atoms with van der Waals surface area (Å²) in [5, 5.41) is 8.06. The summed E-state index contributed by atoms with van der Waals surface area (Å²) in [6.07, 6.45) is 3.54. The molecule has 13 heavy (non-hydrogen) atoms. The van der Waals surface area contributed by atoms with Crippen molar-refractivity contribution < 1.29 is 0 Å². The lowest BCUT2D eigenvalue weighted by Crippen LogP contribution is -2.15. The number of nitrogens with two attached hydrogens (primary N) is 1. The summed E-state index contributed by atoms with van der Waals surface area (Å²) < 4.78 is 2.14. The van der Waals surface area contributed by atoms with Crippen molar-refractivity contribution >= 4 is 24.8 Å². The van der Waals surface area contributed by atoms with E-state index in [1.54, 1.807) is 0 Å². The van der Waals surface area contributed by atoms with Gasteiger partial charge in [-0.1, -0.05) is 0 Å². The summed E-state index contributed by atoms with van der Waals surface area (Å²) in [6.45, 7) is 1.56. The van der Waals surface area contributed by atoms with E-state index in [1.807, 2.05) is 0 Å². The normalized spacial score (nSPS) is 13.9. The third-order valence-corrected chi connectivity index (χ3v) is 2.12. The van der Waals surface area contributed by atoms with Crippen LogP contribution in [0.15, 0.2) is 0 Å². The quantitative estimate of drug-likeness (QED) is 0.773. The molecule has 0 bridgehead atoms. The van der Waals surface area contributed by atoms with Crippen LogP contribution in [-0.2, 0) is 19.5 Å². The van der Waals surface area contributed by atoms with Gasteiger partial charge in [0.1, 0.15) is 11.6 Å². The fourth-order valence-electron chi connectivity index (χ4n) is 1.52. The molecule has 2 heterocycles. The summed E-state index contributed by atoms with van der Waals surface area (Å²) in [5.41, 5.74) is 5.50. The second-order valence-electron chi connectivity index (χ2n) is 2.85. The van der Waals surface area contributed by atoms with Crippen LogP contribution in [0.2, 0.25) is 0 Å². The second-order valence-corrected chi connectivity index (χ2v) is 2.85. The molecule has 0 spiro atoms. The van der Waals surface area contributed by atoms with Crippen LogP contribution < -0.4 is 5.73 Å². The smallest absolute Gasteiger partial charge is 0.146 e. The van der Waals surface area contributed by atoms with E-state index < -0.39 is 0 Å². The number of hydrogen-bond donors (Lipinski definition) is 1. The van der Waals surface area contributed by atoms with Gasteiger partial charge in [0.2, 0.25) is 0 Å². The molecule has 0 unspecified atom stereocenters. The fourth-order valence-corrected chi connectivity index (χ4v) is 1.52. The predicted octanol–water partition coefficient (Wildman–Crippen LogP) is 0.917. The van der Waals surface area contributed by atoms with Gasteiger partial charge < -0.3 is 10.3 Å². The van der Waals surface area contributed by atoms with Crippen LogP contribution in [0.3, 0.4) is 0 Å². The maximum absolute atomic E-state index is 5.50. The van der Waals surface area contributed by atoms with Gasteiger partial charge in [-0.15, -0.1) is 35.0 Å². The van der Waals surface area contributed by atoms with Crippen LogP contribution in [0.25, 0.3) is 0 Å². The maximum atomic E-state index is 5.50. The monoisotopic (exact) mass is 224 g/mol. The molecule has 4 nitrogen and oxygen atoms in total. The first-order valence-corrected chi connectivity index (χ1v) is 4.03. The number of aryl methyl sites for hydroxylation is 1. The highest BCUT2D eigenvalue weighted by Gasteiger charge is 2.13. The highest BCUT2D eigenvalue weighted by Crippen LogP contribution is 2.13. The van der Waals surface area contributed by atoms with Gasteiger partial charge in [0.15, 0.2) is 0 Å². The Kier molecular flexibility index (Phi) is 5.29. The average molecular weight is 225 g/mol. The first-order valence-electron chi connectivity index (χ1n) is 4.03. The molecule has 2 rings (SSSR count). The minimum atomic E-state index is 0. The molecule has 76 valence electrons. The van der Waals surface area contributed by atoms with Gasteiger partial charge in [-0.2, -0.15) is 0 Å². The van der Waals surface area contributed by atoms with E-state index in [4.69, 9.17) is 5.73 Å². The van der Waals surface area contributed by atoms with Crippen LogP contribution >= 0.6 is 24.8 Å². The van der Waals surface area contributed by atoms with Gasteiger partial charge in [-0.3, -0.25) is 0 Å². The van der Waals surface area contributed by atoms with Crippen molar-refractivity contribution in [3.05, 3.63) is 11.6 Å². The summed E-state index contributed by atoms with van der Waals surface area (Å²) in [4.78, 5) is 0. The molecular formula is C7H14Cl2N4. The molecule has 6 heteroatoms. The molecule has 1 aromatic rings. The molecule has 0 atom stereocenters. The lowest BCUT2D eigenvalue weighted by atomic mass is 10.2. The Balaban J connectivity index is 0.000000720. The summed E-state index contributed by atoms with van der Waals surface area (Å²) >= 11 is 0. The van der Waals surface area contributed by atoms with Crippen molar-refractivity contribution in [2.24, 2.45) is 5.73 Å². The summed E-state index contributed by atoms with van der Waals surface area (Å²) in [6, 6.07) is 0. The number of nitrogens with zero attached hydrogens (tertiary/aromatic N) is 3. The second kappa shape index (κ2) is 5.42. The number of aromatic nitrogens is 3. The number of fused-ring (bicyclic) bond motifs is 1. The highest BCUT2D eigenvalue weighted by molar-refractivity contribution is 5.85. The predicted molar refractivity (Wildman–Crippen MR) is 55.3 cm³/mol. The van der Waals surface area contributed by atoms with Gasteiger partial charge in [-0.05, 0) is 12.8 Å². The van der Waals surface area contributed by atoms with Crippen molar-refractivity contribution in [1.29, 1.82) is 0 Å². The molecular weight excluding hydrogens is 211 g/mol. The van der Waals surface area contributed by atoms with Crippen molar-refractivity contribution in [1.82, 2.24) is 14.8 Å². The van der Waals surface area contributed by atoms with E-state index in [0.717, 1.165) is 24.6 Å². The van der Waals surface area contributed by atoms with Gasteiger partial charge in [0.05, 0.1) is 6.54 Å². The molecule has 0 fully saturated rings. The average Bonchev–Trinajstić information content (AvgIpc) is 2.47. The third-order valence-electron chi connectivity index (χ3n) is 2.12. The zero-order valence-corrected chi connectivity index (χ0v) is 8.90. The van der Waals surface area contributed by atoms with Crippen molar-refractivity contribution in [3.8, 4) is 0 Å². The molecule has 0 aromatic carbocycles. The fraction of sp³-hybridized carbons (Fsp3) is 0.714. The molecule has 1 aliphatic rings. The van der Waals surface area contributed by atoms with E-state index in [9.17, 15) is 0 Å². The number of hydrogen-bond acceptors (Lipinski definition) is 3. The lowest BCUT2D eigenvalue weighted by Gasteiger charge is -2.13. The van der Waals surface area contributed by atoms with Gasteiger partial charge in [0.25, 0.3) is 0 Å². The summed E-state index contributed by atoms with van der Waals surface area (Å²) in [5.74, 6) is 2.04. The summed E-state index contributed by atoms with van der Waals surface area (Å²) in [7, 11) is 0. The molecule has 1 aromatic heterocycles. The molecule has 0 aliphatic carbocycles.